The molecule has 0 aliphatic heterocycles. The standard InChI is InChI=1S/C13H17FN4S/c1-9(2)7-15-6-5-12-17-18-13(19-12)11-4-3-10(14)8-16-11/h3-4,8-9,15H,5-7H2,1-2H3. The van der Waals surface area contributed by atoms with Gasteiger partial charge in [-0.25, -0.2) is 4.39 Å². The van der Waals surface area contributed by atoms with Gasteiger partial charge in [0.2, 0.25) is 0 Å². The Bertz CT molecular complexity index is 510. The maximum Gasteiger partial charge on any atom is 0.166 e. The molecule has 0 aliphatic rings. The zero-order chi connectivity index (χ0) is 13.7. The SMILES string of the molecule is CC(C)CNCCc1nnc(-c2ccc(F)cn2)s1. The Morgan fingerprint density at radius 1 is 1.32 bits per heavy atom. The molecule has 0 spiro atoms. The molecule has 19 heavy (non-hydrogen) atoms. The van der Waals surface area contributed by atoms with Gasteiger partial charge >= 0.3 is 0 Å². The van der Waals surface area contributed by atoms with Gasteiger partial charge in [0.25, 0.3) is 0 Å². The van der Waals surface area contributed by atoms with Crippen molar-refractivity contribution in [3.05, 3.63) is 29.2 Å². The highest BCUT2D eigenvalue weighted by Crippen LogP contribution is 2.21. The summed E-state index contributed by atoms with van der Waals surface area (Å²) < 4.78 is 12.8. The van der Waals surface area contributed by atoms with Gasteiger partial charge in [0.05, 0.1) is 6.20 Å². The Labute approximate surface area is 116 Å². The number of rotatable bonds is 6. The van der Waals surface area contributed by atoms with Crippen LogP contribution < -0.4 is 5.32 Å². The van der Waals surface area contributed by atoms with Crippen molar-refractivity contribution < 1.29 is 4.39 Å². The Morgan fingerprint density at radius 2 is 2.16 bits per heavy atom. The van der Waals surface area contributed by atoms with Crippen molar-refractivity contribution in [2.45, 2.75) is 20.3 Å². The number of nitrogens with one attached hydrogen (secondary N) is 1. The van der Waals surface area contributed by atoms with Crippen molar-refractivity contribution >= 4 is 11.3 Å². The summed E-state index contributed by atoms with van der Waals surface area (Å²) in [7, 11) is 0. The highest BCUT2D eigenvalue weighted by atomic mass is 32.1. The van der Waals surface area contributed by atoms with Gasteiger partial charge in [-0.3, -0.25) is 4.98 Å². The molecule has 0 atom stereocenters. The Hall–Kier alpha value is -1.40. The van der Waals surface area contributed by atoms with E-state index in [2.05, 4.69) is 34.3 Å². The van der Waals surface area contributed by atoms with Crippen molar-refractivity contribution in [3.63, 3.8) is 0 Å². The fourth-order valence-electron chi connectivity index (χ4n) is 1.55. The van der Waals surface area contributed by atoms with Crippen LogP contribution in [0, 0.1) is 11.7 Å². The lowest BCUT2D eigenvalue weighted by Gasteiger charge is -2.05. The smallest absolute Gasteiger partial charge is 0.166 e. The molecule has 0 saturated carbocycles. The normalized spacial score (nSPS) is 11.2. The predicted molar refractivity (Wildman–Crippen MR) is 74.5 cm³/mol. The second kappa shape index (κ2) is 6.68. The van der Waals surface area contributed by atoms with Crippen molar-refractivity contribution in [1.29, 1.82) is 0 Å². The first-order valence-electron chi connectivity index (χ1n) is 6.30. The molecule has 0 amide bonds. The summed E-state index contributed by atoms with van der Waals surface area (Å²) in [4.78, 5) is 4.00. The van der Waals surface area contributed by atoms with Crippen molar-refractivity contribution in [1.82, 2.24) is 20.5 Å². The third-order valence-electron chi connectivity index (χ3n) is 2.48. The van der Waals surface area contributed by atoms with Crippen LogP contribution in [0.3, 0.4) is 0 Å². The van der Waals surface area contributed by atoms with Crippen LogP contribution in [0.15, 0.2) is 18.3 Å². The van der Waals surface area contributed by atoms with Crippen molar-refractivity contribution in [2.24, 2.45) is 5.92 Å². The first-order valence-corrected chi connectivity index (χ1v) is 7.12. The molecule has 4 nitrogen and oxygen atoms in total. The minimum atomic E-state index is -0.341. The number of hydrogen-bond acceptors (Lipinski definition) is 5. The maximum atomic E-state index is 12.8. The number of pyridine rings is 1. The van der Waals surface area contributed by atoms with E-state index in [1.807, 2.05) is 0 Å². The largest absolute Gasteiger partial charge is 0.316 e. The van der Waals surface area contributed by atoms with Gasteiger partial charge in [-0.05, 0) is 24.6 Å². The molecule has 0 radical (unpaired) electrons. The Balaban J connectivity index is 1.90. The minimum Gasteiger partial charge on any atom is -0.316 e. The molecule has 2 heterocycles. The van der Waals surface area contributed by atoms with E-state index in [1.165, 1.54) is 23.6 Å². The van der Waals surface area contributed by atoms with Gasteiger partial charge in [-0.1, -0.05) is 25.2 Å². The van der Waals surface area contributed by atoms with Crippen LogP contribution in [0.25, 0.3) is 10.7 Å². The summed E-state index contributed by atoms with van der Waals surface area (Å²) in [6.45, 7) is 6.25. The molecule has 2 aromatic rings. The third kappa shape index (κ3) is 4.33. The molecule has 0 aromatic carbocycles. The van der Waals surface area contributed by atoms with Gasteiger partial charge in [0.1, 0.15) is 16.5 Å². The predicted octanol–water partition coefficient (Wildman–Crippen LogP) is 2.53. The average molecular weight is 280 g/mol. The Kier molecular flexibility index (Phi) is 4.93. The zero-order valence-electron chi connectivity index (χ0n) is 11.1. The molecule has 2 rings (SSSR count). The summed E-state index contributed by atoms with van der Waals surface area (Å²) in [6.07, 6.45) is 2.05. The van der Waals surface area contributed by atoms with Gasteiger partial charge in [-0.2, -0.15) is 0 Å². The number of halogens is 1. The lowest BCUT2D eigenvalue weighted by atomic mass is 10.2. The lowest BCUT2D eigenvalue weighted by Crippen LogP contribution is -2.22. The second-order valence-corrected chi connectivity index (χ2v) is 5.77. The van der Waals surface area contributed by atoms with E-state index in [0.717, 1.165) is 29.5 Å². The summed E-state index contributed by atoms with van der Waals surface area (Å²) in [5.74, 6) is 0.305. The van der Waals surface area contributed by atoms with Crippen LogP contribution in [-0.2, 0) is 6.42 Å². The number of hydrogen-bond donors (Lipinski definition) is 1. The first kappa shape index (κ1) is 14.0. The van der Waals surface area contributed by atoms with Crippen LogP contribution >= 0.6 is 11.3 Å². The third-order valence-corrected chi connectivity index (χ3v) is 3.49. The Morgan fingerprint density at radius 3 is 2.84 bits per heavy atom. The van der Waals surface area contributed by atoms with E-state index in [-0.39, 0.29) is 5.82 Å². The summed E-state index contributed by atoms with van der Waals surface area (Å²) in [5, 5.41) is 13.3. The summed E-state index contributed by atoms with van der Waals surface area (Å²) in [6, 6.07) is 3.00. The van der Waals surface area contributed by atoms with E-state index in [4.69, 9.17) is 0 Å². The number of nitrogens with zero attached hydrogens (tertiary/aromatic N) is 3. The molecule has 1 N–H and O–H groups in total. The number of aromatic nitrogens is 3. The van der Waals surface area contributed by atoms with Crippen molar-refractivity contribution in [3.8, 4) is 10.7 Å². The molecular formula is C13H17FN4S. The van der Waals surface area contributed by atoms with Crippen LogP contribution in [0.4, 0.5) is 4.39 Å². The first-order chi connectivity index (χ1) is 9.15. The molecular weight excluding hydrogens is 263 g/mol. The van der Waals surface area contributed by atoms with Crippen molar-refractivity contribution in [2.75, 3.05) is 13.1 Å². The van der Waals surface area contributed by atoms with Gasteiger partial charge < -0.3 is 5.32 Å². The van der Waals surface area contributed by atoms with Crippen LogP contribution in [0.2, 0.25) is 0 Å². The second-order valence-electron chi connectivity index (χ2n) is 4.71. The van der Waals surface area contributed by atoms with Gasteiger partial charge in [0, 0.05) is 13.0 Å². The monoisotopic (exact) mass is 280 g/mol. The fraction of sp³-hybridized carbons (Fsp3) is 0.462. The molecule has 0 unspecified atom stereocenters. The van der Waals surface area contributed by atoms with E-state index < -0.39 is 0 Å². The topological polar surface area (TPSA) is 50.7 Å². The summed E-state index contributed by atoms with van der Waals surface area (Å²) in [5.41, 5.74) is 0.667. The highest BCUT2D eigenvalue weighted by molar-refractivity contribution is 7.14. The summed E-state index contributed by atoms with van der Waals surface area (Å²) >= 11 is 1.50. The molecule has 0 saturated heterocycles. The van der Waals surface area contributed by atoms with Crippen LogP contribution in [0.5, 0.6) is 0 Å². The molecule has 2 aromatic heterocycles. The zero-order valence-corrected chi connectivity index (χ0v) is 11.9. The van der Waals surface area contributed by atoms with Gasteiger partial charge in [0.15, 0.2) is 5.01 Å². The lowest BCUT2D eigenvalue weighted by molar-refractivity contribution is 0.553. The van der Waals surface area contributed by atoms with Crippen LogP contribution in [0.1, 0.15) is 18.9 Å². The van der Waals surface area contributed by atoms with E-state index >= 15 is 0 Å². The van der Waals surface area contributed by atoms with E-state index in [9.17, 15) is 4.39 Å². The molecule has 6 heteroatoms. The van der Waals surface area contributed by atoms with Gasteiger partial charge in [-0.15, -0.1) is 10.2 Å². The molecule has 0 bridgehead atoms. The molecule has 0 fully saturated rings. The maximum absolute atomic E-state index is 12.8. The van der Waals surface area contributed by atoms with Crippen LogP contribution in [-0.4, -0.2) is 28.3 Å². The highest BCUT2D eigenvalue weighted by Gasteiger charge is 2.07. The van der Waals surface area contributed by atoms with E-state index in [1.54, 1.807) is 6.07 Å². The minimum absolute atomic E-state index is 0.341. The quantitative estimate of drug-likeness (QED) is 0.826. The fourth-order valence-corrected chi connectivity index (χ4v) is 2.36. The molecule has 0 aliphatic carbocycles. The molecule has 102 valence electrons. The average Bonchev–Trinajstić information content (AvgIpc) is 2.84. The van der Waals surface area contributed by atoms with E-state index in [0.29, 0.717) is 11.6 Å².